The number of carbonyl (C=O) groups excluding carboxylic acids is 3. The zero-order valence-electron chi connectivity index (χ0n) is 25.1. The van der Waals surface area contributed by atoms with Crippen molar-refractivity contribution in [3.05, 3.63) is 95.1 Å². The summed E-state index contributed by atoms with van der Waals surface area (Å²) in [5.74, 6) is -0.320. The predicted octanol–water partition coefficient (Wildman–Crippen LogP) is 5.15. The summed E-state index contributed by atoms with van der Waals surface area (Å²) in [6.45, 7) is 5.95. The maximum Gasteiger partial charge on any atom is 0.411 e. The molecule has 0 spiro atoms. The highest BCUT2D eigenvalue weighted by molar-refractivity contribution is 5.97. The minimum atomic E-state index is -0.794. The van der Waals surface area contributed by atoms with Crippen molar-refractivity contribution in [2.45, 2.75) is 52.0 Å². The lowest BCUT2D eigenvalue weighted by molar-refractivity contribution is -0.124. The van der Waals surface area contributed by atoms with Crippen molar-refractivity contribution in [3.8, 4) is 5.75 Å². The van der Waals surface area contributed by atoms with Gasteiger partial charge in [0.2, 0.25) is 5.91 Å². The maximum absolute atomic E-state index is 13.5. The van der Waals surface area contributed by atoms with Gasteiger partial charge in [-0.1, -0.05) is 30.3 Å². The third-order valence-corrected chi connectivity index (χ3v) is 6.81. The standard InChI is InChI=1S/C33H38N4O6/c1-33(2,3)43-32(40)37-20-25-18-28(42-21-23-8-14-27(15-9-23)36(4)5)16-11-24(25)19-29(37)31(39)34-26-12-6-22(7-13-26)10-17-30(38)35-41/h6-18,29,41H,19-21H2,1-5H3,(H,34,39)(H,35,38)/t29-/m1/s1. The van der Waals surface area contributed by atoms with E-state index in [1.54, 1.807) is 45.0 Å². The van der Waals surface area contributed by atoms with Gasteiger partial charge in [-0.25, -0.2) is 10.3 Å². The molecule has 226 valence electrons. The molecule has 0 saturated carbocycles. The molecule has 0 unspecified atom stereocenters. The Hall–Kier alpha value is -4.83. The van der Waals surface area contributed by atoms with Crippen LogP contribution in [0.25, 0.3) is 6.08 Å². The molecule has 3 amide bonds. The van der Waals surface area contributed by atoms with Gasteiger partial charge in [-0.2, -0.15) is 0 Å². The number of benzene rings is 3. The molecule has 0 aliphatic carbocycles. The first-order valence-electron chi connectivity index (χ1n) is 14.0. The summed E-state index contributed by atoms with van der Waals surface area (Å²) in [5, 5.41) is 11.5. The number of fused-ring (bicyclic) bond motifs is 1. The van der Waals surface area contributed by atoms with Gasteiger partial charge < -0.3 is 19.7 Å². The van der Waals surface area contributed by atoms with E-state index < -0.39 is 23.6 Å². The van der Waals surface area contributed by atoms with Crippen molar-refractivity contribution < 1.29 is 29.1 Å². The molecule has 0 bridgehead atoms. The molecule has 43 heavy (non-hydrogen) atoms. The largest absolute Gasteiger partial charge is 0.489 e. The lowest BCUT2D eigenvalue weighted by Crippen LogP contribution is -2.52. The summed E-state index contributed by atoms with van der Waals surface area (Å²) in [4.78, 5) is 41.5. The van der Waals surface area contributed by atoms with Gasteiger partial charge in [0.25, 0.3) is 5.91 Å². The molecule has 3 aromatic rings. The van der Waals surface area contributed by atoms with Gasteiger partial charge in [0.1, 0.15) is 24.0 Å². The maximum atomic E-state index is 13.5. The Kier molecular flexibility index (Phi) is 9.72. The predicted molar refractivity (Wildman–Crippen MR) is 165 cm³/mol. The van der Waals surface area contributed by atoms with Crippen molar-refractivity contribution in [3.63, 3.8) is 0 Å². The van der Waals surface area contributed by atoms with Gasteiger partial charge in [0.05, 0.1) is 6.54 Å². The highest BCUT2D eigenvalue weighted by Crippen LogP contribution is 2.30. The van der Waals surface area contributed by atoms with Crippen LogP contribution in [0, 0.1) is 0 Å². The van der Waals surface area contributed by atoms with Crippen LogP contribution in [0.1, 0.15) is 43.0 Å². The monoisotopic (exact) mass is 586 g/mol. The third kappa shape index (κ3) is 8.59. The van der Waals surface area contributed by atoms with E-state index in [4.69, 9.17) is 14.7 Å². The Balaban J connectivity index is 1.49. The second kappa shape index (κ2) is 13.4. The number of hydroxylamine groups is 1. The van der Waals surface area contributed by atoms with E-state index in [2.05, 4.69) is 5.32 Å². The first-order valence-corrected chi connectivity index (χ1v) is 14.0. The van der Waals surface area contributed by atoms with Gasteiger partial charge in [-0.15, -0.1) is 0 Å². The number of carbonyl (C=O) groups is 3. The van der Waals surface area contributed by atoms with Crippen LogP contribution in [0.3, 0.4) is 0 Å². The minimum Gasteiger partial charge on any atom is -0.489 e. The Labute approximate surface area is 251 Å². The number of hydrogen-bond donors (Lipinski definition) is 3. The number of amides is 3. The molecule has 0 fully saturated rings. The van der Waals surface area contributed by atoms with E-state index >= 15 is 0 Å². The molecule has 1 aliphatic rings. The van der Waals surface area contributed by atoms with Gasteiger partial charge in [0, 0.05) is 38.0 Å². The third-order valence-electron chi connectivity index (χ3n) is 6.81. The molecule has 0 saturated heterocycles. The van der Waals surface area contributed by atoms with Crippen molar-refractivity contribution in [2.75, 3.05) is 24.3 Å². The highest BCUT2D eigenvalue weighted by Gasteiger charge is 2.37. The number of rotatable bonds is 8. The Morgan fingerprint density at radius 2 is 1.70 bits per heavy atom. The zero-order valence-corrected chi connectivity index (χ0v) is 25.1. The summed E-state index contributed by atoms with van der Waals surface area (Å²) in [6, 6.07) is 19.9. The fourth-order valence-electron chi connectivity index (χ4n) is 4.57. The molecule has 0 radical (unpaired) electrons. The minimum absolute atomic E-state index is 0.188. The molecular formula is C33H38N4O6. The molecule has 1 atom stereocenters. The fraction of sp³-hybridized carbons (Fsp3) is 0.303. The number of nitrogens with one attached hydrogen (secondary N) is 2. The quantitative estimate of drug-likeness (QED) is 0.190. The van der Waals surface area contributed by atoms with Crippen LogP contribution in [0.15, 0.2) is 72.8 Å². The second-order valence-electron chi connectivity index (χ2n) is 11.5. The molecule has 1 aliphatic heterocycles. The topological polar surface area (TPSA) is 120 Å². The average Bonchev–Trinajstić information content (AvgIpc) is 2.98. The van der Waals surface area contributed by atoms with E-state index in [0.717, 1.165) is 22.4 Å². The molecule has 3 N–H and O–H groups in total. The van der Waals surface area contributed by atoms with Crippen molar-refractivity contribution in [1.29, 1.82) is 0 Å². The molecule has 3 aromatic carbocycles. The first kappa shape index (κ1) is 31.1. The van der Waals surface area contributed by atoms with E-state index in [1.807, 2.05) is 61.5 Å². The van der Waals surface area contributed by atoms with Crippen molar-refractivity contribution in [2.24, 2.45) is 0 Å². The average molecular weight is 587 g/mol. The summed E-state index contributed by atoms with van der Waals surface area (Å²) >= 11 is 0. The highest BCUT2D eigenvalue weighted by atomic mass is 16.6. The van der Waals surface area contributed by atoms with Gasteiger partial charge >= 0.3 is 6.09 Å². The lowest BCUT2D eigenvalue weighted by Gasteiger charge is -2.37. The van der Waals surface area contributed by atoms with Gasteiger partial charge in [0.15, 0.2) is 0 Å². The smallest absolute Gasteiger partial charge is 0.411 e. The Morgan fingerprint density at radius 1 is 1.00 bits per heavy atom. The number of anilines is 2. The Bertz CT molecular complexity index is 1480. The van der Waals surface area contributed by atoms with E-state index in [1.165, 1.54) is 22.5 Å². The van der Waals surface area contributed by atoms with Crippen molar-refractivity contribution in [1.82, 2.24) is 10.4 Å². The number of ether oxygens (including phenoxy) is 2. The summed E-state index contributed by atoms with van der Waals surface area (Å²) < 4.78 is 11.7. The van der Waals surface area contributed by atoms with Crippen LogP contribution in [0.4, 0.5) is 16.2 Å². The van der Waals surface area contributed by atoms with E-state index in [9.17, 15) is 14.4 Å². The van der Waals surface area contributed by atoms with Crippen LogP contribution < -0.4 is 20.4 Å². The van der Waals surface area contributed by atoms with E-state index in [0.29, 0.717) is 30.0 Å². The molecule has 1 heterocycles. The molecule has 4 rings (SSSR count). The van der Waals surface area contributed by atoms with Crippen LogP contribution in [-0.2, 0) is 33.9 Å². The molecule has 10 nitrogen and oxygen atoms in total. The van der Waals surface area contributed by atoms with Crippen LogP contribution in [0.2, 0.25) is 0 Å². The number of hydrogen-bond acceptors (Lipinski definition) is 7. The molecular weight excluding hydrogens is 548 g/mol. The van der Waals surface area contributed by atoms with E-state index in [-0.39, 0.29) is 12.5 Å². The van der Waals surface area contributed by atoms with Crippen LogP contribution in [0.5, 0.6) is 5.75 Å². The Morgan fingerprint density at radius 3 is 2.33 bits per heavy atom. The summed E-state index contributed by atoms with van der Waals surface area (Å²) in [5.41, 5.74) is 6.01. The molecule has 10 heteroatoms. The number of nitrogens with zero attached hydrogens (tertiary/aromatic N) is 2. The SMILES string of the molecule is CN(C)c1ccc(COc2ccc3c(c2)CN(C(=O)OC(C)(C)C)[C@@H](C(=O)Nc2ccc(C=CC(=O)NO)cc2)C3)cc1. The summed E-state index contributed by atoms with van der Waals surface area (Å²) in [7, 11) is 3.99. The summed E-state index contributed by atoms with van der Waals surface area (Å²) in [6.07, 6.45) is 2.44. The first-order chi connectivity index (χ1) is 20.4. The van der Waals surface area contributed by atoms with Gasteiger partial charge in [-0.3, -0.25) is 19.7 Å². The zero-order chi connectivity index (χ0) is 31.1. The molecule has 0 aromatic heterocycles. The van der Waals surface area contributed by atoms with Crippen LogP contribution >= 0.6 is 0 Å². The van der Waals surface area contributed by atoms with Gasteiger partial charge in [-0.05, 0) is 85.5 Å². The normalized spacial score (nSPS) is 14.6. The lowest BCUT2D eigenvalue weighted by atomic mass is 9.93. The second-order valence-corrected chi connectivity index (χ2v) is 11.5. The van der Waals surface area contributed by atoms with Crippen LogP contribution in [-0.4, -0.2) is 53.8 Å². The fourth-order valence-corrected chi connectivity index (χ4v) is 4.57. The van der Waals surface area contributed by atoms with Crippen molar-refractivity contribution >= 4 is 35.4 Å².